The van der Waals surface area contributed by atoms with Crippen LogP contribution in [-0.2, 0) is 4.79 Å². The Hall–Kier alpha value is -2.74. The second kappa shape index (κ2) is 6.79. The summed E-state index contributed by atoms with van der Waals surface area (Å²) < 4.78 is 1.57. The standard InChI is InChI=1S/C16H19N5O3/c1-11(22)20-9-13(8-14(23)10-20)19-16(24)12-3-5-17-15(7-12)21-6-2-4-18-21/h2-7,13-14,23H,8-10H2,1H3,(H,19,24). The summed E-state index contributed by atoms with van der Waals surface area (Å²) in [6, 6.07) is 4.74. The number of nitrogens with zero attached hydrogens (tertiary/aromatic N) is 4. The van der Waals surface area contributed by atoms with Gasteiger partial charge in [0.1, 0.15) is 0 Å². The van der Waals surface area contributed by atoms with Gasteiger partial charge in [-0.15, -0.1) is 0 Å². The maximum Gasteiger partial charge on any atom is 0.251 e. The molecule has 3 heterocycles. The third-order valence-corrected chi connectivity index (χ3v) is 3.96. The Morgan fingerprint density at radius 2 is 2.17 bits per heavy atom. The van der Waals surface area contributed by atoms with Gasteiger partial charge in [-0.25, -0.2) is 9.67 Å². The first-order valence-corrected chi connectivity index (χ1v) is 7.73. The van der Waals surface area contributed by atoms with Crippen molar-refractivity contribution in [3.05, 3.63) is 42.4 Å². The number of aliphatic hydroxyl groups is 1. The fourth-order valence-electron chi connectivity index (χ4n) is 2.79. The average molecular weight is 329 g/mol. The van der Waals surface area contributed by atoms with E-state index in [4.69, 9.17) is 0 Å². The van der Waals surface area contributed by atoms with Crippen LogP contribution >= 0.6 is 0 Å². The molecule has 2 amide bonds. The Kier molecular flexibility index (Phi) is 4.57. The first kappa shape index (κ1) is 16.1. The highest BCUT2D eigenvalue weighted by molar-refractivity contribution is 5.94. The molecule has 2 unspecified atom stereocenters. The number of amides is 2. The molecule has 2 N–H and O–H groups in total. The average Bonchev–Trinajstić information content (AvgIpc) is 3.09. The molecule has 0 saturated carbocycles. The third-order valence-electron chi connectivity index (χ3n) is 3.96. The largest absolute Gasteiger partial charge is 0.391 e. The molecule has 0 aliphatic carbocycles. The molecule has 1 aliphatic rings. The van der Waals surface area contributed by atoms with Crippen LogP contribution in [0.2, 0.25) is 0 Å². The molecule has 1 fully saturated rings. The second-order valence-corrected chi connectivity index (χ2v) is 5.84. The summed E-state index contributed by atoms with van der Waals surface area (Å²) in [7, 11) is 0. The number of carbonyl (C=O) groups is 2. The number of hydrogen-bond donors (Lipinski definition) is 2. The first-order valence-electron chi connectivity index (χ1n) is 7.73. The quantitative estimate of drug-likeness (QED) is 0.824. The lowest BCUT2D eigenvalue weighted by Gasteiger charge is -2.35. The lowest BCUT2D eigenvalue weighted by molar-refractivity contribution is -0.132. The smallest absolute Gasteiger partial charge is 0.251 e. The Bertz CT molecular complexity index is 731. The molecule has 2 aromatic heterocycles. The SMILES string of the molecule is CC(=O)N1CC(O)CC(NC(=O)c2ccnc(-n3cccn3)c2)C1. The number of hydrogen-bond acceptors (Lipinski definition) is 5. The van der Waals surface area contributed by atoms with Crippen LogP contribution < -0.4 is 5.32 Å². The van der Waals surface area contributed by atoms with E-state index in [9.17, 15) is 14.7 Å². The summed E-state index contributed by atoms with van der Waals surface area (Å²) in [5, 5.41) is 16.8. The van der Waals surface area contributed by atoms with Crippen LogP contribution in [0.4, 0.5) is 0 Å². The van der Waals surface area contributed by atoms with Gasteiger partial charge >= 0.3 is 0 Å². The highest BCUT2D eigenvalue weighted by Gasteiger charge is 2.28. The molecule has 0 aromatic carbocycles. The fourth-order valence-corrected chi connectivity index (χ4v) is 2.79. The van der Waals surface area contributed by atoms with Gasteiger partial charge < -0.3 is 15.3 Å². The molecule has 1 aliphatic heterocycles. The lowest BCUT2D eigenvalue weighted by atomic mass is 10.0. The maximum atomic E-state index is 12.5. The van der Waals surface area contributed by atoms with Gasteiger partial charge in [-0.3, -0.25) is 9.59 Å². The molecule has 0 spiro atoms. The Balaban J connectivity index is 1.71. The van der Waals surface area contributed by atoms with E-state index in [1.807, 2.05) is 0 Å². The first-order chi connectivity index (χ1) is 11.5. The van der Waals surface area contributed by atoms with E-state index in [-0.39, 0.29) is 17.9 Å². The topological polar surface area (TPSA) is 100 Å². The molecule has 0 radical (unpaired) electrons. The van der Waals surface area contributed by atoms with Crippen molar-refractivity contribution < 1.29 is 14.7 Å². The fraction of sp³-hybridized carbons (Fsp3) is 0.375. The summed E-state index contributed by atoms with van der Waals surface area (Å²) in [4.78, 5) is 29.7. The number of aromatic nitrogens is 3. The summed E-state index contributed by atoms with van der Waals surface area (Å²) in [6.45, 7) is 2.16. The summed E-state index contributed by atoms with van der Waals surface area (Å²) >= 11 is 0. The molecule has 126 valence electrons. The molecule has 8 heteroatoms. The minimum Gasteiger partial charge on any atom is -0.391 e. The number of nitrogens with one attached hydrogen (secondary N) is 1. The van der Waals surface area contributed by atoms with Gasteiger partial charge in [0.2, 0.25) is 5.91 Å². The Morgan fingerprint density at radius 3 is 2.88 bits per heavy atom. The number of rotatable bonds is 3. The van der Waals surface area contributed by atoms with Crippen LogP contribution in [0.15, 0.2) is 36.8 Å². The van der Waals surface area contributed by atoms with Crippen molar-refractivity contribution in [2.24, 2.45) is 0 Å². The molecule has 2 aromatic rings. The maximum absolute atomic E-state index is 12.5. The number of piperidine rings is 1. The zero-order chi connectivity index (χ0) is 17.1. The van der Waals surface area contributed by atoms with Crippen molar-refractivity contribution in [3.8, 4) is 5.82 Å². The summed E-state index contributed by atoms with van der Waals surface area (Å²) in [5.41, 5.74) is 0.449. The molecular formula is C16H19N5O3. The molecule has 2 atom stereocenters. The molecule has 1 saturated heterocycles. The van der Waals surface area contributed by atoms with Crippen LogP contribution in [0.1, 0.15) is 23.7 Å². The van der Waals surface area contributed by atoms with E-state index in [0.29, 0.717) is 30.9 Å². The molecule has 0 bridgehead atoms. The predicted octanol–water partition coefficient (Wildman–Crippen LogP) is -0.0212. The Morgan fingerprint density at radius 1 is 1.33 bits per heavy atom. The Labute approximate surface area is 139 Å². The monoisotopic (exact) mass is 329 g/mol. The van der Waals surface area contributed by atoms with E-state index in [1.165, 1.54) is 6.92 Å². The van der Waals surface area contributed by atoms with Crippen molar-refractivity contribution in [1.82, 2.24) is 25.0 Å². The van der Waals surface area contributed by atoms with E-state index in [0.717, 1.165) is 0 Å². The van der Waals surface area contributed by atoms with Crippen LogP contribution in [0, 0.1) is 0 Å². The number of likely N-dealkylation sites (tertiary alicyclic amines) is 1. The second-order valence-electron chi connectivity index (χ2n) is 5.84. The van der Waals surface area contributed by atoms with Crippen molar-refractivity contribution >= 4 is 11.8 Å². The number of pyridine rings is 1. The minimum absolute atomic E-state index is 0.113. The van der Waals surface area contributed by atoms with Crippen molar-refractivity contribution in [2.45, 2.75) is 25.5 Å². The van der Waals surface area contributed by atoms with Crippen LogP contribution in [0.5, 0.6) is 0 Å². The molecule has 24 heavy (non-hydrogen) atoms. The third kappa shape index (κ3) is 3.60. The number of carbonyl (C=O) groups excluding carboxylic acids is 2. The molecular weight excluding hydrogens is 310 g/mol. The van der Waals surface area contributed by atoms with Crippen molar-refractivity contribution in [3.63, 3.8) is 0 Å². The van der Waals surface area contributed by atoms with E-state index in [1.54, 1.807) is 46.4 Å². The normalized spacial score (nSPS) is 20.7. The highest BCUT2D eigenvalue weighted by atomic mass is 16.3. The van der Waals surface area contributed by atoms with Crippen LogP contribution in [0.25, 0.3) is 5.82 Å². The number of β-amino-alcohol motifs (C(OH)–C–C–N with tert-alkyl or cyclic N) is 1. The highest BCUT2D eigenvalue weighted by Crippen LogP contribution is 2.13. The van der Waals surface area contributed by atoms with Crippen molar-refractivity contribution in [2.75, 3.05) is 13.1 Å². The van der Waals surface area contributed by atoms with E-state index in [2.05, 4.69) is 15.4 Å². The van der Waals surface area contributed by atoms with Crippen LogP contribution in [-0.4, -0.2) is 61.8 Å². The van der Waals surface area contributed by atoms with Gasteiger partial charge in [0.05, 0.1) is 6.10 Å². The predicted molar refractivity (Wildman–Crippen MR) is 85.5 cm³/mol. The zero-order valence-corrected chi connectivity index (χ0v) is 13.3. The van der Waals surface area contributed by atoms with Gasteiger partial charge in [-0.2, -0.15) is 5.10 Å². The van der Waals surface area contributed by atoms with Gasteiger partial charge in [-0.1, -0.05) is 0 Å². The van der Waals surface area contributed by atoms with Gasteiger partial charge in [0.25, 0.3) is 5.91 Å². The van der Waals surface area contributed by atoms with Gasteiger partial charge in [0, 0.05) is 50.2 Å². The van der Waals surface area contributed by atoms with Gasteiger partial charge in [0.15, 0.2) is 5.82 Å². The summed E-state index contributed by atoms with van der Waals surface area (Å²) in [6.07, 6.45) is 4.71. The zero-order valence-electron chi connectivity index (χ0n) is 13.3. The van der Waals surface area contributed by atoms with Crippen LogP contribution in [0.3, 0.4) is 0 Å². The lowest BCUT2D eigenvalue weighted by Crippen LogP contribution is -2.53. The van der Waals surface area contributed by atoms with E-state index < -0.39 is 6.10 Å². The summed E-state index contributed by atoms with van der Waals surface area (Å²) in [5.74, 6) is 0.160. The number of aliphatic hydroxyl groups excluding tert-OH is 1. The van der Waals surface area contributed by atoms with Crippen molar-refractivity contribution in [1.29, 1.82) is 0 Å². The molecule has 3 rings (SSSR count). The van der Waals surface area contributed by atoms with E-state index >= 15 is 0 Å². The minimum atomic E-state index is -0.634. The van der Waals surface area contributed by atoms with Gasteiger partial charge in [-0.05, 0) is 24.6 Å². The molecule has 8 nitrogen and oxygen atoms in total.